The van der Waals surface area contributed by atoms with E-state index < -0.39 is 16.3 Å². The van der Waals surface area contributed by atoms with E-state index in [-0.39, 0.29) is 35.2 Å². The Morgan fingerprint density at radius 2 is 1.81 bits per heavy atom. The van der Waals surface area contributed by atoms with Crippen LogP contribution < -0.4 is 9.64 Å². The number of rotatable bonds is 4. The number of hydrogen-bond donors (Lipinski definition) is 1. The monoisotopic (exact) mass is 436 g/mol. The van der Waals surface area contributed by atoms with Gasteiger partial charge in [-0.1, -0.05) is 26.0 Å². The second kappa shape index (κ2) is 7.78. The van der Waals surface area contributed by atoms with Crippen LogP contribution in [0.5, 0.6) is 11.5 Å². The van der Waals surface area contributed by atoms with Crippen molar-refractivity contribution in [1.29, 1.82) is 0 Å². The molecule has 4 rings (SSSR count). The van der Waals surface area contributed by atoms with Crippen LogP contribution in [0.15, 0.2) is 53.7 Å². The van der Waals surface area contributed by atoms with Gasteiger partial charge in [0.25, 0.3) is 5.69 Å². The molecule has 8 heteroatoms. The van der Waals surface area contributed by atoms with Crippen molar-refractivity contribution in [2.24, 2.45) is 5.41 Å². The standard InChI is InChI=1S/C24H24N2O6/c1-24(2)12-20-23(21(28)13-24)17(14-4-6-15(27)7-5-14)11-22(29)25(20)18-9-8-16(32-3)10-19(18)26(30)31/h4-10,17,27H,11-13H2,1-3H3. The molecule has 1 N–H and O–H groups in total. The van der Waals surface area contributed by atoms with Crippen molar-refractivity contribution in [3.63, 3.8) is 0 Å². The molecule has 1 aliphatic heterocycles. The molecule has 0 saturated heterocycles. The Hall–Kier alpha value is -3.68. The molecule has 1 amide bonds. The maximum absolute atomic E-state index is 13.4. The Morgan fingerprint density at radius 1 is 1.12 bits per heavy atom. The van der Waals surface area contributed by atoms with Gasteiger partial charge in [0.2, 0.25) is 5.91 Å². The number of carbonyl (C=O) groups is 2. The molecular formula is C24H24N2O6. The molecule has 1 unspecified atom stereocenters. The predicted octanol–water partition coefficient (Wildman–Crippen LogP) is 4.47. The van der Waals surface area contributed by atoms with E-state index in [2.05, 4.69) is 0 Å². The summed E-state index contributed by atoms with van der Waals surface area (Å²) in [5, 5.41) is 21.5. The van der Waals surface area contributed by atoms with Crippen molar-refractivity contribution in [2.75, 3.05) is 12.0 Å². The van der Waals surface area contributed by atoms with Gasteiger partial charge in [0, 0.05) is 30.0 Å². The quantitative estimate of drug-likeness (QED) is 0.559. The zero-order valence-electron chi connectivity index (χ0n) is 18.1. The number of ether oxygens (including phenoxy) is 1. The average Bonchev–Trinajstić information content (AvgIpc) is 2.72. The Morgan fingerprint density at radius 3 is 2.44 bits per heavy atom. The van der Waals surface area contributed by atoms with E-state index in [1.54, 1.807) is 18.2 Å². The van der Waals surface area contributed by atoms with E-state index >= 15 is 0 Å². The topological polar surface area (TPSA) is 110 Å². The molecule has 166 valence electrons. The summed E-state index contributed by atoms with van der Waals surface area (Å²) in [7, 11) is 1.41. The molecule has 0 aromatic heterocycles. The second-order valence-electron chi connectivity index (χ2n) is 8.99. The fourth-order valence-corrected chi connectivity index (χ4v) is 4.65. The van der Waals surface area contributed by atoms with Gasteiger partial charge in [-0.15, -0.1) is 0 Å². The van der Waals surface area contributed by atoms with Gasteiger partial charge in [0.05, 0.1) is 18.1 Å². The number of anilines is 1. The SMILES string of the molecule is COc1ccc(N2C(=O)CC(c3ccc(O)cc3)C3=C2CC(C)(C)CC3=O)c([N+](=O)[O-])c1. The van der Waals surface area contributed by atoms with Crippen molar-refractivity contribution in [2.45, 2.75) is 39.0 Å². The highest BCUT2D eigenvalue weighted by atomic mass is 16.6. The highest BCUT2D eigenvalue weighted by Gasteiger charge is 2.45. The minimum atomic E-state index is -0.548. The van der Waals surface area contributed by atoms with Gasteiger partial charge in [-0.05, 0) is 41.7 Å². The number of aromatic hydroxyl groups is 1. The van der Waals surface area contributed by atoms with Gasteiger partial charge in [-0.2, -0.15) is 0 Å². The predicted molar refractivity (Wildman–Crippen MR) is 118 cm³/mol. The van der Waals surface area contributed by atoms with Crippen molar-refractivity contribution in [3.05, 3.63) is 69.4 Å². The first kappa shape index (κ1) is 21.5. The third-order valence-electron chi connectivity index (χ3n) is 6.06. The zero-order chi connectivity index (χ0) is 23.2. The summed E-state index contributed by atoms with van der Waals surface area (Å²) < 4.78 is 5.12. The number of ketones is 1. The number of hydrogen-bond acceptors (Lipinski definition) is 6. The Labute approximate surface area is 185 Å². The summed E-state index contributed by atoms with van der Waals surface area (Å²) in [5.41, 5.74) is 1.24. The van der Waals surface area contributed by atoms with Gasteiger partial charge in [-0.25, -0.2) is 0 Å². The molecule has 0 spiro atoms. The van der Waals surface area contributed by atoms with Crippen LogP contribution in [0.3, 0.4) is 0 Å². The van der Waals surface area contributed by atoms with Crippen LogP contribution in [-0.2, 0) is 9.59 Å². The highest BCUT2D eigenvalue weighted by molar-refractivity contribution is 6.08. The molecule has 8 nitrogen and oxygen atoms in total. The molecule has 2 aromatic rings. The minimum absolute atomic E-state index is 0.00103. The fraction of sp³-hybridized carbons (Fsp3) is 0.333. The minimum Gasteiger partial charge on any atom is -0.508 e. The number of nitro benzene ring substituents is 1. The first-order valence-electron chi connectivity index (χ1n) is 10.3. The third kappa shape index (κ3) is 3.72. The van der Waals surface area contributed by atoms with E-state index in [0.29, 0.717) is 29.9 Å². The lowest BCUT2D eigenvalue weighted by Gasteiger charge is -2.42. The van der Waals surface area contributed by atoms with Crippen molar-refractivity contribution < 1.29 is 24.4 Å². The van der Waals surface area contributed by atoms with Gasteiger partial charge < -0.3 is 9.84 Å². The number of amides is 1. The summed E-state index contributed by atoms with van der Waals surface area (Å²) >= 11 is 0. The van der Waals surface area contributed by atoms with Crippen LogP contribution in [0.4, 0.5) is 11.4 Å². The zero-order valence-corrected chi connectivity index (χ0v) is 18.1. The molecule has 2 aliphatic rings. The lowest BCUT2D eigenvalue weighted by Crippen LogP contribution is -2.44. The molecule has 0 saturated carbocycles. The van der Waals surface area contributed by atoms with E-state index in [4.69, 9.17) is 4.74 Å². The first-order valence-corrected chi connectivity index (χ1v) is 10.3. The summed E-state index contributed by atoms with van der Waals surface area (Å²) in [5.74, 6) is -0.448. The largest absolute Gasteiger partial charge is 0.508 e. The number of nitro groups is 1. The number of nitrogens with zero attached hydrogens (tertiary/aromatic N) is 2. The smallest absolute Gasteiger partial charge is 0.297 e. The van der Waals surface area contributed by atoms with Gasteiger partial charge in [0.1, 0.15) is 17.2 Å². The number of methoxy groups -OCH3 is 1. The van der Waals surface area contributed by atoms with Gasteiger partial charge in [0.15, 0.2) is 5.78 Å². The lowest BCUT2D eigenvalue weighted by molar-refractivity contribution is -0.384. The number of benzene rings is 2. The van der Waals surface area contributed by atoms with Crippen molar-refractivity contribution in [3.8, 4) is 11.5 Å². The lowest BCUT2D eigenvalue weighted by atomic mass is 9.69. The summed E-state index contributed by atoms with van der Waals surface area (Å²) in [6.07, 6.45) is 0.754. The maximum atomic E-state index is 13.4. The molecule has 0 fully saturated rings. The van der Waals surface area contributed by atoms with Crippen LogP contribution in [0, 0.1) is 15.5 Å². The summed E-state index contributed by atoms with van der Waals surface area (Å²) in [6, 6.07) is 10.8. The first-order chi connectivity index (χ1) is 15.1. The van der Waals surface area contributed by atoms with Crippen LogP contribution in [0.25, 0.3) is 0 Å². The number of carbonyl (C=O) groups excluding carboxylic acids is 2. The van der Waals surface area contributed by atoms with Crippen LogP contribution in [0.2, 0.25) is 0 Å². The molecule has 1 aliphatic carbocycles. The Kier molecular flexibility index (Phi) is 5.24. The van der Waals surface area contributed by atoms with Crippen molar-refractivity contribution >= 4 is 23.1 Å². The summed E-state index contributed by atoms with van der Waals surface area (Å²) in [4.78, 5) is 39.3. The summed E-state index contributed by atoms with van der Waals surface area (Å²) in [6.45, 7) is 3.90. The van der Waals surface area contributed by atoms with Crippen molar-refractivity contribution in [1.82, 2.24) is 0 Å². The number of allylic oxidation sites excluding steroid dienone is 2. The molecule has 1 atom stereocenters. The molecule has 2 aromatic carbocycles. The van der Waals surface area contributed by atoms with E-state index in [0.717, 1.165) is 5.56 Å². The van der Waals surface area contributed by atoms with Crippen LogP contribution in [-0.4, -0.2) is 28.8 Å². The van der Waals surface area contributed by atoms with E-state index in [9.17, 15) is 24.8 Å². The molecule has 0 radical (unpaired) electrons. The van der Waals surface area contributed by atoms with Gasteiger partial charge >= 0.3 is 0 Å². The molecular weight excluding hydrogens is 412 g/mol. The highest BCUT2D eigenvalue weighted by Crippen LogP contribution is 2.49. The van der Waals surface area contributed by atoms with E-state index in [1.807, 2.05) is 13.8 Å². The molecule has 0 bridgehead atoms. The third-order valence-corrected chi connectivity index (χ3v) is 6.06. The molecule has 1 heterocycles. The average molecular weight is 436 g/mol. The van der Waals surface area contributed by atoms with E-state index in [1.165, 1.54) is 36.3 Å². The Balaban J connectivity index is 1.93. The molecule has 32 heavy (non-hydrogen) atoms. The van der Waals surface area contributed by atoms with Crippen LogP contribution >= 0.6 is 0 Å². The Bertz CT molecular complexity index is 1150. The number of phenolic OH excluding ortho intramolecular Hbond substituents is 1. The van der Waals surface area contributed by atoms with Crippen LogP contribution in [0.1, 0.15) is 44.6 Å². The maximum Gasteiger partial charge on any atom is 0.297 e. The fourth-order valence-electron chi connectivity index (χ4n) is 4.65. The second-order valence-corrected chi connectivity index (χ2v) is 8.99. The van der Waals surface area contributed by atoms with Gasteiger partial charge in [-0.3, -0.25) is 24.6 Å². The number of phenols is 1. The number of Topliss-reactive ketones (excluding diaryl/α,β-unsaturated/α-hetero) is 1. The normalized spacial score (nSPS) is 20.2.